The third-order valence-electron chi connectivity index (χ3n) is 4.22. The topological polar surface area (TPSA) is 46.3 Å². The molecular formula is C16H19ClN2OS. The van der Waals surface area contributed by atoms with Crippen LogP contribution in [0.5, 0.6) is 0 Å². The van der Waals surface area contributed by atoms with Crippen molar-refractivity contribution < 1.29 is 4.79 Å². The monoisotopic (exact) mass is 322 g/mol. The lowest BCUT2D eigenvalue weighted by molar-refractivity contribution is 0.0666. The first-order chi connectivity index (χ1) is 10.1. The summed E-state index contributed by atoms with van der Waals surface area (Å²) in [5.41, 5.74) is 6.00. The van der Waals surface area contributed by atoms with Crippen LogP contribution in [0, 0.1) is 5.92 Å². The van der Waals surface area contributed by atoms with Crippen LogP contribution in [-0.2, 0) is 0 Å². The third kappa shape index (κ3) is 2.80. The van der Waals surface area contributed by atoms with E-state index >= 15 is 0 Å². The maximum absolute atomic E-state index is 12.8. The van der Waals surface area contributed by atoms with Crippen molar-refractivity contribution in [3.63, 3.8) is 0 Å². The highest BCUT2D eigenvalue weighted by Gasteiger charge is 2.28. The lowest BCUT2D eigenvalue weighted by atomic mass is 9.92. The van der Waals surface area contributed by atoms with Gasteiger partial charge in [0.15, 0.2) is 0 Å². The smallest absolute Gasteiger partial charge is 0.265 e. The maximum atomic E-state index is 12.8. The first kappa shape index (κ1) is 14.8. The first-order valence-corrected chi connectivity index (χ1v) is 8.49. The van der Waals surface area contributed by atoms with E-state index in [1.165, 1.54) is 11.3 Å². The van der Waals surface area contributed by atoms with Gasteiger partial charge < -0.3 is 10.6 Å². The molecule has 0 spiro atoms. The molecule has 1 fully saturated rings. The van der Waals surface area contributed by atoms with Crippen molar-refractivity contribution in [2.45, 2.75) is 25.8 Å². The van der Waals surface area contributed by atoms with Crippen LogP contribution in [0.3, 0.4) is 0 Å². The summed E-state index contributed by atoms with van der Waals surface area (Å²) in [5.74, 6) is 0.433. The van der Waals surface area contributed by atoms with Gasteiger partial charge in [-0.2, -0.15) is 0 Å². The van der Waals surface area contributed by atoms with E-state index < -0.39 is 0 Å². The molecule has 0 saturated carbocycles. The zero-order chi connectivity index (χ0) is 15.0. The van der Waals surface area contributed by atoms with Gasteiger partial charge in [-0.05, 0) is 31.7 Å². The number of thiophene rings is 1. The Morgan fingerprint density at radius 2 is 2.24 bits per heavy atom. The van der Waals surface area contributed by atoms with Crippen LogP contribution in [0.1, 0.15) is 29.4 Å². The average molecular weight is 323 g/mol. The summed E-state index contributed by atoms with van der Waals surface area (Å²) >= 11 is 7.89. The van der Waals surface area contributed by atoms with Gasteiger partial charge in [0.25, 0.3) is 5.91 Å². The molecule has 0 unspecified atom stereocenters. The number of benzene rings is 1. The van der Waals surface area contributed by atoms with Gasteiger partial charge in [0.1, 0.15) is 4.88 Å². The summed E-state index contributed by atoms with van der Waals surface area (Å²) in [4.78, 5) is 15.3. The molecule has 3 nitrogen and oxygen atoms in total. The van der Waals surface area contributed by atoms with Crippen LogP contribution in [0.15, 0.2) is 24.3 Å². The number of nitrogens with zero attached hydrogens (tertiary/aromatic N) is 1. The first-order valence-electron chi connectivity index (χ1n) is 7.30. The van der Waals surface area contributed by atoms with E-state index in [1.54, 1.807) is 0 Å². The van der Waals surface area contributed by atoms with Crippen LogP contribution < -0.4 is 5.73 Å². The van der Waals surface area contributed by atoms with Crippen molar-refractivity contribution in [2.24, 2.45) is 11.7 Å². The molecule has 0 bridgehead atoms. The Morgan fingerprint density at radius 1 is 1.48 bits per heavy atom. The summed E-state index contributed by atoms with van der Waals surface area (Å²) < 4.78 is 1.06. The predicted molar refractivity (Wildman–Crippen MR) is 89.1 cm³/mol. The zero-order valence-electron chi connectivity index (χ0n) is 12.0. The second-order valence-electron chi connectivity index (χ2n) is 5.75. The maximum Gasteiger partial charge on any atom is 0.265 e. The molecule has 1 amide bonds. The molecule has 0 radical (unpaired) electrons. The SMILES string of the molecule is C[C@H](N)[C@@H]1CCCN(C(=O)c2sc3ccccc3c2Cl)C1. The van der Waals surface area contributed by atoms with Crippen molar-refractivity contribution in [3.8, 4) is 0 Å². The molecule has 2 atom stereocenters. The Bertz CT molecular complexity index is 667. The Hall–Kier alpha value is -1.10. The highest BCUT2D eigenvalue weighted by atomic mass is 35.5. The molecule has 1 aliphatic heterocycles. The van der Waals surface area contributed by atoms with Gasteiger partial charge in [-0.3, -0.25) is 4.79 Å². The fraction of sp³-hybridized carbons (Fsp3) is 0.438. The van der Waals surface area contributed by atoms with Crippen LogP contribution in [0.4, 0.5) is 0 Å². The molecule has 2 N–H and O–H groups in total. The van der Waals surface area contributed by atoms with Gasteiger partial charge >= 0.3 is 0 Å². The molecule has 2 heterocycles. The van der Waals surface area contributed by atoms with Crippen molar-refractivity contribution >= 4 is 38.9 Å². The normalized spacial score (nSPS) is 20.7. The molecule has 1 aliphatic rings. The molecule has 3 rings (SSSR count). The van der Waals surface area contributed by atoms with Crippen molar-refractivity contribution in [1.29, 1.82) is 0 Å². The summed E-state index contributed by atoms with van der Waals surface area (Å²) in [6.07, 6.45) is 2.11. The number of hydrogen-bond acceptors (Lipinski definition) is 3. The fourth-order valence-electron chi connectivity index (χ4n) is 2.92. The minimum absolute atomic E-state index is 0.0477. The molecular weight excluding hydrogens is 304 g/mol. The minimum atomic E-state index is 0.0477. The van der Waals surface area contributed by atoms with Gasteiger partial charge in [0, 0.05) is 29.2 Å². The number of carbonyl (C=O) groups excluding carboxylic acids is 1. The quantitative estimate of drug-likeness (QED) is 0.915. The summed E-state index contributed by atoms with van der Waals surface area (Å²) in [6, 6.07) is 8.01. The van der Waals surface area contributed by atoms with Crippen LogP contribution in [0.25, 0.3) is 10.1 Å². The summed E-state index contributed by atoms with van der Waals surface area (Å²) in [7, 11) is 0. The molecule has 5 heteroatoms. The number of carbonyl (C=O) groups is 1. The van der Waals surface area contributed by atoms with Gasteiger partial charge in [-0.25, -0.2) is 0 Å². The number of fused-ring (bicyclic) bond motifs is 1. The highest BCUT2D eigenvalue weighted by Crippen LogP contribution is 2.36. The second-order valence-corrected chi connectivity index (χ2v) is 7.18. The Labute approximate surface area is 133 Å². The number of piperidine rings is 1. The van der Waals surface area contributed by atoms with E-state index in [9.17, 15) is 4.79 Å². The van der Waals surface area contributed by atoms with E-state index in [0.29, 0.717) is 15.8 Å². The number of nitrogens with two attached hydrogens (primary N) is 1. The van der Waals surface area contributed by atoms with Gasteiger partial charge in [-0.1, -0.05) is 29.8 Å². The lowest BCUT2D eigenvalue weighted by Crippen LogP contribution is -2.44. The Morgan fingerprint density at radius 3 is 2.95 bits per heavy atom. The number of hydrogen-bond donors (Lipinski definition) is 1. The largest absolute Gasteiger partial charge is 0.338 e. The van der Waals surface area contributed by atoms with Crippen LogP contribution in [-0.4, -0.2) is 29.9 Å². The Balaban J connectivity index is 1.88. The summed E-state index contributed by atoms with van der Waals surface area (Å²) in [6.45, 7) is 3.55. The van der Waals surface area contributed by atoms with E-state index in [4.69, 9.17) is 17.3 Å². The molecule has 1 saturated heterocycles. The zero-order valence-corrected chi connectivity index (χ0v) is 13.6. The van der Waals surface area contributed by atoms with Crippen LogP contribution in [0.2, 0.25) is 5.02 Å². The summed E-state index contributed by atoms with van der Waals surface area (Å²) in [5, 5.41) is 1.55. The second kappa shape index (κ2) is 5.95. The van der Waals surface area contributed by atoms with E-state index in [2.05, 4.69) is 0 Å². The van der Waals surface area contributed by atoms with Crippen LogP contribution >= 0.6 is 22.9 Å². The molecule has 21 heavy (non-hydrogen) atoms. The number of amides is 1. The number of halogens is 1. The van der Waals surface area contributed by atoms with E-state index in [0.717, 1.165) is 36.0 Å². The highest BCUT2D eigenvalue weighted by molar-refractivity contribution is 7.21. The van der Waals surface area contributed by atoms with Gasteiger partial charge in [-0.15, -0.1) is 11.3 Å². The van der Waals surface area contributed by atoms with E-state index in [-0.39, 0.29) is 11.9 Å². The fourth-order valence-corrected chi connectivity index (χ4v) is 4.40. The Kier molecular flexibility index (Phi) is 4.20. The predicted octanol–water partition coefficient (Wildman–Crippen LogP) is 3.75. The van der Waals surface area contributed by atoms with Crippen molar-refractivity contribution in [2.75, 3.05) is 13.1 Å². The molecule has 0 aliphatic carbocycles. The molecule has 1 aromatic heterocycles. The molecule has 2 aromatic rings. The van der Waals surface area contributed by atoms with E-state index in [1.807, 2.05) is 36.1 Å². The standard InChI is InChI=1S/C16H19ClN2OS/c1-10(18)11-5-4-8-19(9-11)16(20)15-14(17)12-6-2-3-7-13(12)21-15/h2-3,6-7,10-11H,4-5,8-9,18H2,1H3/t10-,11+/m0/s1. The lowest BCUT2D eigenvalue weighted by Gasteiger charge is -2.34. The minimum Gasteiger partial charge on any atom is -0.338 e. The molecule has 112 valence electrons. The number of rotatable bonds is 2. The number of likely N-dealkylation sites (tertiary alicyclic amines) is 1. The van der Waals surface area contributed by atoms with Crippen molar-refractivity contribution in [1.82, 2.24) is 4.90 Å². The third-order valence-corrected chi connectivity index (χ3v) is 5.88. The average Bonchev–Trinajstić information content (AvgIpc) is 2.84. The van der Waals surface area contributed by atoms with Gasteiger partial charge in [0.2, 0.25) is 0 Å². The molecule has 1 aromatic carbocycles. The van der Waals surface area contributed by atoms with Gasteiger partial charge in [0.05, 0.1) is 5.02 Å². The van der Waals surface area contributed by atoms with Crippen molar-refractivity contribution in [3.05, 3.63) is 34.2 Å².